The number of para-hydroxylation sites is 1. The molecule has 1 aliphatic heterocycles. The Morgan fingerprint density at radius 3 is 2.15 bits per heavy atom. The number of benzene rings is 3. The number of esters is 1. The Bertz CT molecular complexity index is 1390. The Kier molecular flexibility index (Phi) is 8.65. The summed E-state index contributed by atoms with van der Waals surface area (Å²) in [5.74, 6) is 0.625. The van der Waals surface area contributed by atoms with Crippen LogP contribution in [0.1, 0.15) is 56.1 Å². The number of dihydropyridines is 1. The molecule has 0 saturated heterocycles. The summed E-state index contributed by atoms with van der Waals surface area (Å²) in [6.07, 6.45) is 2.00. The summed E-state index contributed by atoms with van der Waals surface area (Å²) in [5.41, 5.74) is 4.67. The van der Waals surface area contributed by atoms with Crippen molar-refractivity contribution in [2.24, 2.45) is 0 Å². The van der Waals surface area contributed by atoms with Gasteiger partial charge in [0.05, 0.1) is 12.2 Å². The van der Waals surface area contributed by atoms with Gasteiger partial charge in [-0.25, -0.2) is 4.79 Å². The first-order valence-electron chi connectivity index (χ1n) is 13.9. The Labute approximate surface area is 235 Å². The van der Waals surface area contributed by atoms with Crippen LogP contribution in [0.5, 0.6) is 11.5 Å². The lowest BCUT2D eigenvalue weighted by molar-refractivity contribution is -0.140. The second-order valence-corrected chi connectivity index (χ2v) is 10.1. The van der Waals surface area contributed by atoms with Gasteiger partial charge in [-0.3, -0.25) is 4.79 Å². The van der Waals surface area contributed by atoms with E-state index in [1.165, 1.54) is 0 Å². The lowest BCUT2D eigenvalue weighted by Gasteiger charge is -2.36. The van der Waals surface area contributed by atoms with Crippen molar-refractivity contribution in [1.29, 1.82) is 0 Å². The Morgan fingerprint density at radius 1 is 0.800 bits per heavy atom. The molecule has 3 aromatic carbocycles. The van der Waals surface area contributed by atoms with Gasteiger partial charge in [-0.2, -0.15) is 0 Å². The number of ether oxygens (including phenoxy) is 3. The Balaban J connectivity index is 1.41. The first kappa shape index (κ1) is 27.3. The fourth-order valence-corrected chi connectivity index (χ4v) is 5.47. The fourth-order valence-electron chi connectivity index (χ4n) is 5.47. The second-order valence-electron chi connectivity index (χ2n) is 10.1. The van der Waals surface area contributed by atoms with Gasteiger partial charge in [0.1, 0.15) is 24.7 Å². The van der Waals surface area contributed by atoms with Crippen LogP contribution in [0.2, 0.25) is 0 Å². The number of hydrogen-bond donors (Lipinski definition) is 1. The summed E-state index contributed by atoms with van der Waals surface area (Å²) < 4.78 is 17.2. The monoisotopic (exact) mass is 537 g/mol. The zero-order chi connectivity index (χ0) is 27.9. The Hall–Kier alpha value is -4.32. The second kappa shape index (κ2) is 12.7. The normalized spacial score (nSPS) is 18.6. The highest BCUT2D eigenvalue weighted by Gasteiger charge is 2.41. The van der Waals surface area contributed by atoms with Gasteiger partial charge in [0, 0.05) is 29.3 Å². The lowest BCUT2D eigenvalue weighted by atomic mass is 9.72. The summed E-state index contributed by atoms with van der Waals surface area (Å²) in [4.78, 5) is 27.3. The van der Waals surface area contributed by atoms with Gasteiger partial charge in [0.15, 0.2) is 5.78 Å². The quantitative estimate of drug-likeness (QED) is 0.236. The third-order valence-electron chi connectivity index (χ3n) is 7.33. The third-order valence-corrected chi connectivity index (χ3v) is 7.33. The summed E-state index contributed by atoms with van der Waals surface area (Å²) >= 11 is 0. The number of carbonyl (C=O) groups excluding carboxylic acids is 2. The van der Waals surface area contributed by atoms with Crippen molar-refractivity contribution in [3.05, 3.63) is 119 Å². The zero-order valence-electron chi connectivity index (χ0n) is 23.0. The minimum absolute atomic E-state index is 0.0455. The molecule has 0 saturated carbocycles. The SMILES string of the molecule is CCCOc1ccc([C@@H]2C(C(=O)OCCOc3ccccc3)=C(C)NC3=C2C(=O)C[C@H](c2ccccc2)C3)cc1. The molecule has 0 fully saturated rings. The number of nitrogens with one attached hydrogen (secondary N) is 1. The average Bonchev–Trinajstić information content (AvgIpc) is 2.98. The van der Waals surface area contributed by atoms with E-state index in [4.69, 9.17) is 14.2 Å². The molecular weight excluding hydrogens is 502 g/mol. The van der Waals surface area contributed by atoms with Crippen LogP contribution in [0.3, 0.4) is 0 Å². The van der Waals surface area contributed by atoms with Crippen molar-refractivity contribution in [3.63, 3.8) is 0 Å². The smallest absolute Gasteiger partial charge is 0.336 e. The molecule has 0 bridgehead atoms. The highest BCUT2D eigenvalue weighted by molar-refractivity contribution is 6.04. The largest absolute Gasteiger partial charge is 0.494 e. The first-order chi connectivity index (χ1) is 19.5. The van der Waals surface area contributed by atoms with E-state index < -0.39 is 11.9 Å². The van der Waals surface area contributed by atoms with Crippen LogP contribution in [-0.2, 0) is 14.3 Å². The standard InChI is InChI=1S/C34H35NO5/c1-3-18-38-28-16-14-25(15-17-28)32-31(34(37)40-20-19-39-27-12-8-5-9-13-27)23(2)35-29-21-26(22-30(36)33(29)32)24-10-6-4-7-11-24/h4-17,26,32,35H,3,18-22H2,1-2H3/t26-,32-/m1/s1. The molecule has 0 amide bonds. The predicted molar refractivity (Wildman–Crippen MR) is 154 cm³/mol. The summed E-state index contributed by atoms with van der Waals surface area (Å²) in [6.45, 7) is 4.89. The topological polar surface area (TPSA) is 73.9 Å². The number of carbonyl (C=O) groups is 2. The maximum atomic E-state index is 13.8. The van der Waals surface area contributed by atoms with Crippen LogP contribution in [0, 0.1) is 0 Å². The molecule has 6 nitrogen and oxygen atoms in total. The van der Waals surface area contributed by atoms with Gasteiger partial charge in [-0.15, -0.1) is 0 Å². The van der Waals surface area contributed by atoms with Gasteiger partial charge >= 0.3 is 5.97 Å². The maximum Gasteiger partial charge on any atom is 0.336 e. The van der Waals surface area contributed by atoms with Crippen LogP contribution in [0.15, 0.2) is 107 Å². The van der Waals surface area contributed by atoms with Crippen molar-refractivity contribution >= 4 is 11.8 Å². The molecule has 206 valence electrons. The van der Waals surface area contributed by atoms with Crippen LogP contribution < -0.4 is 14.8 Å². The van der Waals surface area contributed by atoms with Crippen LogP contribution in [0.4, 0.5) is 0 Å². The molecular formula is C34H35NO5. The van der Waals surface area contributed by atoms with E-state index in [-0.39, 0.29) is 24.9 Å². The van der Waals surface area contributed by atoms with Crippen molar-refractivity contribution in [3.8, 4) is 11.5 Å². The molecule has 2 atom stereocenters. The highest BCUT2D eigenvalue weighted by atomic mass is 16.6. The van der Waals surface area contributed by atoms with Gasteiger partial charge in [-0.05, 0) is 61.1 Å². The molecule has 1 N–H and O–H groups in total. The third kappa shape index (κ3) is 6.12. The number of ketones is 1. The van der Waals surface area contributed by atoms with Crippen molar-refractivity contribution in [1.82, 2.24) is 5.32 Å². The van der Waals surface area contributed by atoms with Crippen LogP contribution >= 0.6 is 0 Å². The van der Waals surface area contributed by atoms with Gasteiger partial charge in [-0.1, -0.05) is 67.6 Å². The van der Waals surface area contributed by atoms with Gasteiger partial charge < -0.3 is 19.5 Å². The molecule has 0 unspecified atom stereocenters. The molecule has 5 rings (SSSR count). The molecule has 0 spiro atoms. The Morgan fingerprint density at radius 2 is 1.45 bits per heavy atom. The molecule has 6 heteroatoms. The predicted octanol–water partition coefficient (Wildman–Crippen LogP) is 6.46. The zero-order valence-corrected chi connectivity index (χ0v) is 23.0. The molecule has 0 radical (unpaired) electrons. The summed E-state index contributed by atoms with van der Waals surface area (Å²) in [6, 6.07) is 27.2. The van der Waals surface area contributed by atoms with E-state index in [0.29, 0.717) is 42.0 Å². The number of Topliss-reactive ketones (excluding diaryl/α,β-unsaturated/α-hetero) is 1. The van der Waals surface area contributed by atoms with Crippen LogP contribution in [-0.4, -0.2) is 31.6 Å². The molecule has 40 heavy (non-hydrogen) atoms. The molecule has 2 aliphatic rings. The summed E-state index contributed by atoms with van der Waals surface area (Å²) in [7, 11) is 0. The number of rotatable bonds is 10. The van der Waals surface area contributed by atoms with E-state index in [1.807, 2.05) is 79.7 Å². The van der Waals surface area contributed by atoms with E-state index in [2.05, 4.69) is 24.4 Å². The van der Waals surface area contributed by atoms with Gasteiger partial charge in [0.2, 0.25) is 0 Å². The molecule has 0 aromatic heterocycles. The van der Waals surface area contributed by atoms with Crippen molar-refractivity contribution in [2.45, 2.75) is 44.9 Å². The minimum Gasteiger partial charge on any atom is -0.494 e. The summed E-state index contributed by atoms with van der Waals surface area (Å²) in [5, 5.41) is 3.42. The lowest BCUT2D eigenvalue weighted by Crippen LogP contribution is -2.36. The molecule has 3 aromatic rings. The van der Waals surface area contributed by atoms with E-state index in [0.717, 1.165) is 29.0 Å². The maximum absolute atomic E-state index is 13.8. The molecule has 1 aliphatic carbocycles. The average molecular weight is 538 g/mol. The van der Waals surface area contributed by atoms with E-state index in [9.17, 15) is 9.59 Å². The number of hydrogen-bond acceptors (Lipinski definition) is 6. The van der Waals surface area contributed by atoms with E-state index >= 15 is 0 Å². The van der Waals surface area contributed by atoms with E-state index in [1.54, 1.807) is 0 Å². The fraction of sp³-hybridized carbons (Fsp3) is 0.294. The number of allylic oxidation sites excluding steroid dienone is 3. The van der Waals surface area contributed by atoms with Gasteiger partial charge in [0.25, 0.3) is 0 Å². The first-order valence-corrected chi connectivity index (χ1v) is 13.9. The minimum atomic E-state index is -0.525. The van der Waals surface area contributed by atoms with Crippen LogP contribution in [0.25, 0.3) is 0 Å². The van der Waals surface area contributed by atoms with Crippen molar-refractivity contribution < 1.29 is 23.8 Å². The highest BCUT2D eigenvalue weighted by Crippen LogP contribution is 2.45. The molecule has 1 heterocycles. The van der Waals surface area contributed by atoms with Crippen molar-refractivity contribution in [2.75, 3.05) is 19.8 Å².